The monoisotopic (exact) mass is 232 g/mol. The molecule has 0 bridgehead atoms. The zero-order valence-corrected chi connectivity index (χ0v) is 8.14. The Morgan fingerprint density at radius 3 is 2.67 bits per heavy atom. The number of aliphatic hydroxyl groups is 1. The first-order valence-electron chi connectivity index (χ1n) is 3.72. The summed E-state index contributed by atoms with van der Waals surface area (Å²) in [5.74, 6) is 0. The minimum absolute atomic E-state index is 0.126. The fourth-order valence-electron chi connectivity index (χ4n) is 0.984. The lowest BCUT2D eigenvalue weighted by Crippen LogP contribution is -1.91. The first kappa shape index (κ1) is 9.68. The Morgan fingerprint density at radius 2 is 2.17 bits per heavy atom. The summed E-state index contributed by atoms with van der Waals surface area (Å²) in [6.45, 7) is -0.332. The molecule has 0 radical (unpaired) electrons. The van der Waals surface area contributed by atoms with Gasteiger partial charge >= 0.3 is 0 Å². The number of rotatable bonds is 3. The number of benzene rings is 1. The van der Waals surface area contributed by atoms with Gasteiger partial charge in [0, 0.05) is 11.1 Å². The molecule has 0 saturated carbocycles. The van der Waals surface area contributed by atoms with E-state index in [9.17, 15) is 4.39 Å². The predicted octanol–water partition coefficient (Wildman–Crippen LogP) is 2.45. The van der Waals surface area contributed by atoms with Crippen LogP contribution >= 0.6 is 15.9 Å². The highest BCUT2D eigenvalue weighted by molar-refractivity contribution is 9.10. The lowest BCUT2D eigenvalue weighted by molar-refractivity contribution is 0.299. The van der Waals surface area contributed by atoms with Crippen molar-refractivity contribution in [2.24, 2.45) is 0 Å². The van der Waals surface area contributed by atoms with E-state index in [1.807, 2.05) is 12.1 Å². The molecule has 0 spiro atoms. The molecule has 0 unspecified atom stereocenters. The zero-order chi connectivity index (χ0) is 8.97. The Bertz CT molecular complexity index is 263. The van der Waals surface area contributed by atoms with Gasteiger partial charge in [-0.3, -0.25) is 0 Å². The average molecular weight is 233 g/mol. The molecule has 1 rings (SSSR count). The molecule has 1 aromatic carbocycles. The third-order valence-electron chi connectivity index (χ3n) is 1.66. The Hall–Kier alpha value is -0.410. The summed E-state index contributed by atoms with van der Waals surface area (Å²) < 4.78 is 13.0. The molecule has 0 saturated heterocycles. The standard InChI is InChI=1S/C9H10BrFO/c10-9-5-7(3-4-12)1-2-8(9)6-11/h1-2,5,12H,3-4,6H2. The molecule has 12 heavy (non-hydrogen) atoms. The van der Waals surface area contributed by atoms with Crippen molar-refractivity contribution >= 4 is 15.9 Å². The third kappa shape index (κ3) is 2.29. The van der Waals surface area contributed by atoms with E-state index >= 15 is 0 Å². The molecule has 0 aliphatic heterocycles. The van der Waals surface area contributed by atoms with Crippen molar-refractivity contribution in [3.05, 3.63) is 33.8 Å². The van der Waals surface area contributed by atoms with E-state index in [1.165, 1.54) is 0 Å². The second kappa shape index (κ2) is 4.58. The molecule has 0 aliphatic carbocycles. The molecule has 0 aliphatic rings. The van der Waals surface area contributed by atoms with Gasteiger partial charge in [-0.15, -0.1) is 0 Å². The molecule has 0 heterocycles. The van der Waals surface area contributed by atoms with Crippen LogP contribution in [0, 0.1) is 0 Å². The topological polar surface area (TPSA) is 20.2 Å². The molecule has 0 aromatic heterocycles. The summed E-state index contributed by atoms with van der Waals surface area (Å²) in [5, 5.41) is 8.65. The van der Waals surface area contributed by atoms with E-state index in [4.69, 9.17) is 5.11 Å². The highest BCUT2D eigenvalue weighted by atomic mass is 79.9. The lowest BCUT2D eigenvalue weighted by atomic mass is 10.1. The van der Waals surface area contributed by atoms with Crippen molar-refractivity contribution in [3.63, 3.8) is 0 Å². The van der Waals surface area contributed by atoms with Gasteiger partial charge in [-0.2, -0.15) is 0 Å². The minimum atomic E-state index is -0.458. The van der Waals surface area contributed by atoms with Crippen LogP contribution in [0.5, 0.6) is 0 Å². The predicted molar refractivity (Wildman–Crippen MR) is 49.7 cm³/mol. The van der Waals surface area contributed by atoms with E-state index in [2.05, 4.69) is 15.9 Å². The van der Waals surface area contributed by atoms with Gasteiger partial charge < -0.3 is 5.11 Å². The van der Waals surface area contributed by atoms with E-state index in [-0.39, 0.29) is 6.61 Å². The molecule has 0 amide bonds. The van der Waals surface area contributed by atoms with Gasteiger partial charge in [0.25, 0.3) is 0 Å². The largest absolute Gasteiger partial charge is 0.396 e. The van der Waals surface area contributed by atoms with Gasteiger partial charge in [-0.1, -0.05) is 28.1 Å². The van der Waals surface area contributed by atoms with Crippen LogP contribution in [0.3, 0.4) is 0 Å². The fraction of sp³-hybridized carbons (Fsp3) is 0.333. The van der Waals surface area contributed by atoms with Crippen LogP contribution in [-0.4, -0.2) is 11.7 Å². The fourth-order valence-corrected chi connectivity index (χ4v) is 1.52. The number of aliphatic hydroxyl groups excluding tert-OH is 1. The second-order valence-electron chi connectivity index (χ2n) is 2.53. The maximum absolute atomic E-state index is 12.2. The Balaban J connectivity index is 2.86. The lowest BCUT2D eigenvalue weighted by Gasteiger charge is -2.02. The molecular formula is C9H10BrFO. The average Bonchev–Trinajstić information content (AvgIpc) is 2.05. The van der Waals surface area contributed by atoms with Crippen LogP contribution in [0.25, 0.3) is 0 Å². The molecular weight excluding hydrogens is 223 g/mol. The van der Waals surface area contributed by atoms with Crippen molar-refractivity contribution in [1.29, 1.82) is 0 Å². The van der Waals surface area contributed by atoms with Crippen molar-refractivity contribution in [2.45, 2.75) is 13.1 Å². The molecule has 1 nitrogen and oxygen atoms in total. The summed E-state index contributed by atoms with van der Waals surface area (Å²) in [5.41, 5.74) is 1.67. The molecule has 1 aromatic rings. The van der Waals surface area contributed by atoms with Gasteiger partial charge in [0.05, 0.1) is 0 Å². The van der Waals surface area contributed by atoms with E-state index < -0.39 is 6.67 Å². The van der Waals surface area contributed by atoms with E-state index in [0.29, 0.717) is 12.0 Å². The summed E-state index contributed by atoms with van der Waals surface area (Å²) in [6.07, 6.45) is 0.616. The van der Waals surface area contributed by atoms with Crippen molar-refractivity contribution in [2.75, 3.05) is 6.61 Å². The summed E-state index contributed by atoms with van der Waals surface area (Å²) >= 11 is 3.26. The van der Waals surface area contributed by atoms with Crippen molar-refractivity contribution < 1.29 is 9.50 Å². The smallest absolute Gasteiger partial charge is 0.116 e. The quantitative estimate of drug-likeness (QED) is 0.850. The molecule has 0 atom stereocenters. The Morgan fingerprint density at radius 1 is 1.42 bits per heavy atom. The highest BCUT2D eigenvalue weighted by Crippen LogP contribution is 2.19. The van der Waals surface area contributed by atoms with E-state index in [1.54, 1.807) is 6.07 Å². The molecule has 66 valence electrons. The molecule has 3 heteroatoms. The van der Waals surface area contributed by atoms with Gasteiger partial charge in [-0.25, -0.2) is 4.39 Å². The van der Waals surface area contributed by atoms with Gasteiger partial charge in [0.15, 0.2) is 0 Å². The number of hydrogen-bond acceptors (Lipinski definition) is 1. The summed E-state index contributed by atoms with van der Waals surface area (Å²) in [6, 6.07) is 5.40. The summed E-state index contributed by atoms with van der Waals surface area (Å²) in [7, 11) is 0. The first-order valence-corrected chi connectivity index (χ1v) is 4.51. The number of halogens is 2. The van der Waals surface area contributed by atoms with Gasteiger partial charge in [0.1, 0.15) is 6.67 Å². The molecule has 1 N–H and O–H groups in total. The maximum Gasteiger partial charge on any atom is 0.116 e. The SMILES string of the molecule is OCCc1ccc(CF)c(Br)c1. The number of alkyl halides is 1. The normalized spacial score (nSPS) is 10.2. The van der Waals surface area contributed by atoms with Crippen LogP contribution in [0.1, 0.15) is 11.1 Å². The summed E-state index contributed by atoms with van der Waals surface area (Å²) in [4.78, 5) is 0. The third-order valence-corrected chi connectivity index (χ3v) is 2.40. The minimum Gasteiger partial charge on any atom is -0.396 e. The highest BCUT2D eigenvalue weighted by Gasteiger charge is 2.00. The van der Waals surface area contributed by atoms with Gasteiger partial charge in [0.2, 0.25) is 0 Å². The first-order chi connectivity index (χ1) is 5.77. The Kier molecular flexibility index (Phi) is 3.69. The zero-order valence-electron chi connectivity index (χ0n) is 6.56. The van der Waals surface area contributed by atoms with Crippen LogP contribution in [0.2, 0.25) is 0 Å². The second-order valence-corrected chi connectivity index (χ2v) is 3.39. The Labute approximate surface area is 79.4 Å². The van der Waals surface area contributed by atoms with Crippen LogP contribution in [0.4, 0.5) is 4.39 Å². The molecule has 0 fully saturated rings. The van der Waals surface area contributed by atoms with E-state index in [0.717, 1.165) is 10.0 Å². The van der Waals surface area contributed by atoms with Crippen LogP contribution < -0.4 is 0 Å². The van der Waals surface area contributed by atoms with Crippen LogP contribution in [-0.2, 0) is 13.1 Å². The number of hydrogen-bond donors (Lipinski definition) is 1. The maximum atomic E-state index is 12.2. The van der Waals surface area contributed by atoms with Crippen molar-refractivity contribution in [1.82, 2.24) is 0 Å². The van der Waals surface area contributed by atoms with Crippen LogP contribution in [0.15, 0.2) is 22.7 Å². The van der Waals surface area contributed by atoms with Crippen molar-refractivity contribution in [3.8, 4) is 0 Å². The van der Waals surface area contributed by atoms with Gasteiger partial charge in [-0.05, 0) is 23.6 Å².